The van der Waals surface area contributed by atoms with E-state index < -0.39 is 0 Å². The Kier molecular flexibility index (Phi) is 5.90. The van der Waals surface area contributed by atoms with Crippen molar-refractivity contribution in [1.82, 2.24) is 5.32 Å². The molecular weight excluding hydrogens is 244 g/mol. The monoisotopic (exact) mass is 274 g/mol. The van der Waals surface area contributed by atoms with Crippen LogP contribution in [0.5, 0.6) is 0 Å². The van der Waals surface area contributed by atoms with Crippen LogP contribution in [0.1, 0.15) is 58.1 Å². The molecule has 1 atom stereocenters. The molecule has 0 saturated carbocycles. The zero-order valence-electron chi connectivity index (χ0n) is 13.4. The van der Waals surface area contributed by atoms with Gasteiger partial charge in [0.1, 0.15) is 0 Å². The van der Waals surface area contributed by atoms with Crippen LogP contribution in [-0.2, 0) is 0 Å². The van der Waals surface area contributed by atoms with Gasteiger partial charge in [-0.2, -0.15) is 0 Å². The Morgan fingerprint density at radius 1 is 1.30 bits per heavy atom. The van der Waals surface area contributed by atoms with Gasteiger partial charge in [0, 0.05) is 24.8 Å². The largest absolute Gasteiger partial charge is 0.371 e. The number of hydrogen-bond donors (Lipinski definition) is 1. The molecule has 2 heteroatoms. The lowest BCUT2D eigenvalue weighted by Gasteiger charge is -2.36. The van der Waals surface area contributed by atoms with Gasteiger partial charge < -0.3 is 10.2 Å². The molecule has 2 rings (SSSR count). The fourth-order valence-electron chi connectivity index (χ4n) is 3.08. The molecule has 1 N–H and O–H groups in total. The third-order valence-electron chi connectivity index (χ3n) is 4.19. The van der Waals surface area contributed by atoms with Crippen molar-refractivity contribution in [3.05, 3.63) is 29.8 Å². The van der Waals surface area contributed by atoms with Gasteiger partial charge in [0.15, 0.2) is 0 Å². The van der Waals surface area contributed by atoms with Crippen LogP contribution in [0.25, 0.3) is 0 Å². The first-order valence-corrected chi connectivity index (χ1v) is 8.29. The molecule has 112 valence electrons. The minimum absolute atomic E-state index is 0.549. The predicted molar refractivity (Wildman–Crippen MR) is 88.4 cm³/mol. The Morgan fingerprint density at radius 3 is 2.85 bits per heavy atom. The summed E-state index contributed by atoms with van der Waals surface area (Å²) in [7, 11) is 0. The minimum Gasteiger partial charge on any atom is -0.371 e. The topological polar surface area (TPSA) is 15.3 Å². The first-order valence-electron chi connectivity index (χ1n) is 8.29. The molecule has 1 aromatic rings. The Balaban J connectivity index is 2.02. The molecule has 0 saturated heterocycles. The van der Waals surface area contributed by atoms with Crippen LogP contribution < -0.4 is 10.2 Å². The molecule has 1 heterocycles. The second-order valence-corrected chi connectivity index (χ2v) is 6.38. The first kappa shape index (κ1) is 15.4. The van der Waals surface area contributed by atoms with Gasteiger partial charge in [0.2, 0.25) is 0 Å². The van der Waals surface area contributed by atoms with E-state index in [-0.39, 0.29) is 0 Å². The fraction of sp³-hybridized carbons (Fsp3) is 0.667. The average Bonchev–Trinajstić information content (AvgIpc) is 2.46. The smallest absolute Gasteiger partial charge is 0.0414 e. The highest BCUT2D eigenvalue weighted by molar-refractivity contribution is 5.56. The summed E-state index contributed by atoms with van der Waals surface area (Å²) >= 11 is 0. The third kappa shape index (κ3) is 3.99. The molecule has 0 aliphatic carbocycles. The van der Waals surface area contributed by atoms with E-state index in [0.29, 0.717) is 6.04 Å². The molecule has 0 spiro atoms. The summed E-state index contributed by atoms with van der Waals surface area (Å²) in [4.78, 5) is 2.59. The normalized spacial score (nSPS) is 18.4. The maximum absolute atomic E-state index is 3.70. The van der Waals surface area contributed by atoms with Gasteiger partial charge in [-0.1, -0.05) is 39.0 Å². The number of nitrogens with zero attached hydrogens (tertiary/aromatic N) is 1. The van der Waals surface area contributed by atoms with Gasteiger partial charge in [0.25, 0.3) is 0 Å². The highest BCUT2D eigenvalue weighted by Gasteiger charge is 2.23. The van der Waals surface area contributed by atoms with Crippen molar-refractivity contribution < 1.29 is 0 Å². The maximum Gasteiger partial charge on any atom is 0.0414 e. The number of benzene rings is 1. The third-order valence-corrected chi connectivity index (χ3v) is 4.19. The van der Waals surface area contributed by atoms with E-state index in [4.69, 9.17) is 0 Å². The molecule has 1 aliphatic heterocycles. The van der Waals surface area contributed by atoms with Crippen LogP contribution >= 0.6 is 0 Å². The summed E-state index contributed by atoms with van der Waals surface area (Å²) in [5.74, 6) is 0.814. The van der Waals surface area contributed by atoms with Crippen LogP contribution in [0.2, 0.25) is 0 Å². The van der Waals surface area contributed by atoms with Crippen molar-refractivity contribution >= 4 is 5.69 Å². The van der Waals surface area contributed by atoms with Gasteiger partial charge in [-0.25, -0.2) is 0 Å². The van der Waals surface area contributed by atoms with Crippen LogP contribution in [0.4, 0.5) is 5.69 Å². The molecular formula is C18H30N2. The zero-order valence-corrected chi connectivity index (χ0v) is 13.4. The summed E-state index contributed by atoms with van der Waals surface area (Å²) in [5.41, 5.74) is 2.95. The van der Waals surface area contributed by atoms with E-state index in [1.807, 2.05) is 0 Å². The van der Waals surface area contributed by atoms with Crippen LogP contribution in [0.3, 0.4) is 0 Å². The van der Waals surface area contributed by atoms with Crippen molar-refractivity contribution in [2.45, 2.75) is 52.5 Å². The Morgan fingerprint density at radius 2 is 2.10 bits per heavy atom. The molecule has 0 fully saturated rings. The van der Waals surface area contributed by atoms with E-state index in [2.05, 4.69) is 55.3 Å². The van der Waals surface area contributed by atoms with Crippen molar-refractivity contribution in [2.75, 3.05) is 24.5 Å². The van der Waals surface area contributed by atoms with Gasteiger partial charge in [-0.15, -0.1) is 0 Å². The quantitative estimate of drug-likeness (QED) is 0.794. The first-order chi connectivity index (χ1) is 9.72. The fourth-order valence-corrected chi connectivity index (χ4v) is 3.08. The number of hydrogen-bond acceptors (Lipinski definition) is 2. The molecule has 0 amide bonds. The van der Waals surface area contributed by atoms with Gasteiger partial charge in [-0.05, 0) is 49.8 Å². The summed E-state index contributed by atoms with van der Waals surface area (Å²) in [5, 5.41) is 3.70. The van der Waals surface area contributed by atoms with Crippen LogP contribution in [0.15, 0.2) is 24.3 Å². The van der Waals surface area contributed by atoms with E-state index >= 15 is 0 Å². The molecule has 20 heavy (non-hydrogen) atoms. The molecule has 1 aliphatic rings. The molecule has 2 nitrogen and oxygen atoms in total. The number of para-hydroxylation sites is 1. The molecule has 0 bridgehead atoms. The lowest BCUT2D eigenvalue weighted by atomic mass is 9.95. The molecule has 0 aromatic heterocycles. The van der Waals surface area contributed by atoms with Gasteiger partial charge in [-0.3, -0.25) is 0 Å². The zero-order chi connectivity index (χ0) is 14.4. The van der Waals surface area contributed by atoms with Crippen molar-refractivity contribution in [3.8, 4) is 0 Å². The Bertz CT molecular complexity index is 400. The SMILES string of the molecule is CCCNC1CCN(CCCC(C)C)c2ccccc21. The standard InChI is InChI=1S/C18H30N2/c1-4-12-19-17-11-14-20(13-7-8-15(2)3)18-10-6-5-9-16(17)18/h5-6,9-10,15,17,19H,4,7-8,11-14H2,1-3H3. The Hall–Kier alpha value is -1.02. The van der Waals surface area contributed by atoms with E-state index in [1.165, 1.54) is 50.0 Å². The van der Waals surface area contributed by atoms with Gasteiger partial charge in [0.05, 0.1) is 0 Å². The second kappa shape index (κ2) is 7.68. The minimum atomic E-state index is 0.549. The Labute approximate surface area is 124 Å². The highest BCUT2D eigenvalue weighted by Crippen LogP contribution is 2.33. The number of rotatable bonds is 7. The van der Waals surface area contributed by atoms with Crippen LogP contribution in [-0.4, -0.2) is 19.6 Å². The number of fused-ring (bicyclic) bond motifs is 1. The summed E-state index contributed by atoms with van der Waals surface area (Å²) < 4.78 is 0. The summed E-state index contributed by atoms with van der Waals surface area (Å²) in [6, 6.07) is 9.50. The maximum atomic E-state index is 3.70. The van der Waals surface area contributed by atoms with Gasteiger partial charge >= 0.3 is 0 Å². The van der Waals surface area contributed by atoms with E-state index in [1.54, 1.807) is 0 Å². The average molecular weight is 274 g/mol. The van der Waals surface area contributed by atoms with E-state index in [9.17, 15) is 0 Å². The number of anilines is 1. The molecule has 0 radical (unpaired) electrons. The highest BCUT2D eigenvalue weighted by atomic mass is 15.1. The number of nitrogens with one attached hydrogen (secondary N) is 1. The van der Waals surface area contributed by atoms with Crippen LogP contribution in [0, 0.1) is 5.92 Å². The molecule has 1 unspecified atom stereocenters. The van der Waals surface area contributed by atoms with Crippen molar-refractivity contribution in [1.29, 1.82) is 0 Å². The molecule has 1 aromatic carbocycles. The summed E-state index contributed by atoms with van der Waals surface area (Å²) in [6.45, 7) is 10.4. The lowest BCUT2D eigenvalue weighted by molar-refractivity contribution is 0.469. The second-order valence-electron chi connectivity index (χ2n) is 6.38. The van der Waals surface area contributed by atoms with Crippen molar-refractivity contribution in [2.24, 2.45) is 5.92 Å². The van der Waals surface area contributed by atoms with E-state index in [0.717, 1.165) is 12.5 Å². The van der Waals surface area contributed by atoms with Crippen molar-refractivity contribution in [3.63, 3.8) is 0 Å². The lowest BCUT2D eigenvalue weighted by Crippen LogP contribution is -2.36. The predicted octanol–water partition coefficient (Wildman–Crippen LogP) is 4.37. The summed E-state index contributed by atoms with van der Waals surface area (Å²) in [6.07, 6.45) is 5.07.